The number of primary amides is 1. The quantitative estimate of drug-likeness (QED) is 0.765. The third-order valence-corrected chi connectivity index (χ3v) is 2.68. The Labute approximate surface area is 113 Å². The van der Waals surface area contributed by atoms with E-state index in [4.69, 9.17) is 5.73 Å². The second-order valence-corrected chi connectivity index (χ2v) is 3.89. The second kappa shape index (κ2) is 6.52. The maximum atomic E-state index is 11.7. The van der Waals surface area contributed by atoms with Crippen molar-refractivity contribution in [2.45, 2.75) is 5.60 Å². The highest BCUT2D eigenvalue weighted by Gasteiger charge is 2.38. The number of nitrogens with two attached hydrogens (primary N) is 1. The van der Waals surface area contributed by atoms with E-state index in [-0.39, 0.29) is 0 Å². The van der Waals surface area contributed by atoms with Crippen molar-refractivity contribution >= 4 is 5.91 Å². The van der Waals surface area contributed by atoms with Gasteiger partial charge in [-0.05, 0) is 11.1 Å². The molecule has 3 N–H and O–H groups in total. The lowest BCUT2D eigenvalue weighted by atomic mass is 9.84. The van der Waals surface area contributed by atoms with E-state index in [1.165, 1.54) is 12.2 Å². The fraction of sp³-hybridized carbons (Fsp3) is 0.0625. The lowest BCUT2D eigenvalue weighted by Crippen LogP contribution is -2.42. The van der Waals surface area contributed by atoms with Gasteiger partial charge in [0.05, 0.1) is 0 Å². The van der Waals surface area contributed by atoms with Crippen molar-refractivity contribution < 1.29 is 9.90 Å². The first kappa shape index (κ1) is 14.7. The predicted molar refractivity (Wildman–Crippen MR) is 77.2 cm³/mol. The van der Waals surface area contributed by atoms with Crippen LogP contribution in [0.25, 0.3) is 0 Å². The van der Waals surface area contributed by atoms with Crippen LogP contribution in [0.4, 0.5) is 0 Å². The first-order valence-corrected chi connectivity index (χ1v) is 5.77. The first-order chi connectivity index (χ1) is 9.07. The molecule has 0 aromatic heterocycles. The van der Waals surface area contributed by atoms with Crippen LogP contribution in [0.5, 0.6) is 0 Å². The maximum absolute atomic E-state index is 11.7. The van der Waals surface area contributed by atoms with Crippen LogP contribution >= 0.6 is 0 Å². The number of benzene rings is 1. The summed E-state index contributed by atoms with van der Waals surface area (Å²) in [6.45, 7) is 7.13. The van der Waals surface area contributed by atoms with E-state index < -0.39 is 11.5 Å². The van der Waals surface area contributed by atoms with E-state index in [2.05, 4.69) is 13.2 Å². The van der Waals surface area contributed by atoms with Crippen LogP contribution in [-0.2, 0) is 10.4 Å². The van der Waals surface area contributed by atoms with E-state index in [0.717, 1.165) is 0 Å². The van der Waals surface area contributed by atoms with Crippen molar-refractivity contribution in [2.75, 3.05) is 0 Å². The average molecular weight is 255 g/mol. The number of aliphatic hydroxyl groups is 1. The van der Waals surface area contributed by atoms with Crippen molar-refractivity contribution in [3.8, 4) is 0 Å². The summed E-state index contributed by atoms with van der Waals surface area (Å²) in [7, 11) is 0. The Hall–Kier alpha value is -2.39. The molecular weight excluding hydrogens is 238 g/mol. The van der Waals surface area contributed by atoms with Gasteiger partial charge in [-0.2, -0.15) is 0 Å². The Morgan fingerprint density at radius 2 is 1.84 bits per heavy atom. The molecule has 98 valence electrons. The molecule has 19 heavy (non-hydrogen) atoms. The smallest absolute Gasteiger partial charge is 0.258 e. The second-order valence-electron chi connectivity index (χ2n) is 3.89. The Balaban J connectivity index is 3.44. The zero-order valence-corrected chi connectivity index (χ0v) is 10.6. The van der Waals surface area contributed by atoms with Gasteiger partial charge in [-0.3, -0.25) is 4.79 Å². The van der Waals surface area contributed by atoms with Crippen LogP contribution in [0.1, 0.15) is 5.56 Å². The number of allylic oxidation sites excluding steroid dienone is 4. The van der Waals surface area contributed by atoms with Gasteiger partial charge in [-0.15, -0.1) is 0 Å². The van der Waals surface area contributed by atoms with Gasteiger partial charge < -0.3 is 10.8 Å². The normalized spacial score (nSPS) is 14.9. The Kier molecular flexibility index (Phi) is 5.03. The third-order valence-electron chi connectivity index (χ3n) is 2.68. The van der Waals surface area contributed by atoms with Crippen LogP contribution in [-0.4, -0.2) is 11.0 Å². The molecule has 1 amide bonds. The Morgan fingerprint density at radius 1 is 1.21 bits per heavy atom. The largest absolute Gasteiger partial charge is 0.372 e. The number of rotatable bonds is 6. The van der Waals surface area contributed by atoms with Crippen LogP contribution < -0.4 is 5.73 Å². The molecule has 1 rings (SSSR count). The minimum atomic E-state index is -1.89. The molecule has 0 aliphatic rings. The molecular formula is C16H17NO2. The van der Waals surface area contributed by atoms with Crippen molar-refractivity contribution in [3.05, 3.63) is 85.0 Å². The molecule has 1 atom stereocenters. The number of hydrogen-bond acceptors (Lipinski definition) is 2. The molecule has 0 spiro atoms. The molecule has 0 saturated heterocycles. The van der Waals surface area contributed by atoms with Crippen LogP contribution in [0.2, 0.25) is 0 Å². The van der Waals surface area contributed by atoms with Crippen molar-refractivity contribution in [1.29, 1.82) is 0 Å². The highest BCUT2D eigenvalue weighted by atomic mass is 16.3. The lowest BCUT2D eigenvalue weighted by molar-refractivity contribution is -0.133. The summed E-state index contributed by atoms with van der Waals surface area (Å²) in [6, 6.07) is 8.53. The molecule has 0 radical (unpaired) electrons. The fourth-order valence-corrected chi connectivity index (χ4v) is 1.73. The Morgan fingerprint density at radius 3 is 2.32 bits per heavy atom. The van der Waals surface area contributed by atoms with Crippen LogP contribution in [0, 0.1) is 0 Å². The minimum Gasteiger partial charge on any atom is -0.372 e. The number of amides is 1. The number of carbonyl (C=O) groups is 1. The van der Waals surface area contributed by atoms with Gasteiger partial charge in [0, 0.05) is 0 Å². The lowest BCUT2D eigenvalue weighted by Gasteiger charge is -2.26. The number of hydrogen-bond donors (Lipinski definition) is 2. The molecule has 0 saturated carbocycles. The molecule has 3 heteroatoms. The molecule has 0 aliphatic heterocycles. The Bertz CT molecular complexity index is 529. The van der Waals surface area contributed by atoms with Crippen molar-refractivity contribution in [2.24, 2.45) is 5.73 Å². The zero-order chi connectivity index (χ0) is 14.3. The molecule has 0 bridgehead atoms. The number of carbonyl (C=O) groups excluding carboxylic acids is 1. The summed E-state index contributed by atoms with van der Waals surface area (Å²) < 4.78 is 0. The van der Waals surface area contributed by atoms with Crippen LogP contribution in [0.3, 0.4) is 0 Å². The van der Waals surface area contributed by atoms with Gasteiger partial charge in [0.1, 0.15) is 0 Å². The van der Waals surface area contributed by atoms with Gasteiger partial charge >= 0.3 is 0 Å². The van der Waals surface area contributed by atoms with E-state index in [9.17, 15) is 9.90 Å². The highest BCUT2D eigenvalue weighted by molar-refractivity contribution is 5.89. The molecule has 3 nitrogen and oxygen atoms in total. The van der Waals surface area contributed by atoms with Gasteiger partial charge in [-0.25, -0.2) is 0 Å². The van der Waals surface area contributed by atoms with E-state index in [1.807, 2.05) is 0 Å². The first-order valence-electron chi connectivity index (χ1n) is 5.77. The van der Waals surface area contributed by atoms with Gasteiger partial charge in [0.2, 0.25) is 0 Å². The van der Waals surface area contributed by atoms with E-state index in [0.29, 0.717) is 11.1 Å². The highest BCUT2D eigenvalue weighted by Crippen LogP contribution is 2.30. The standard InChI is InChI=1S/C16H17NO2/c1-3-5-10-13(9-4-2)16(19,15(17)18)14-11-7-6-8-12-14/h3-12,19H,1-2H2,(H2,17,18)/b10-5-,13-9+. The fourth-order valence-electron chi connectivity index (χ4n) is 1.73. The topological polar surface area (TPSA) is 63.3 Å². The minimum absolute atomic E-state index is 0.334. The maximum Gasteiger partial charge on any atom is 0.258 e. The molecule has 1 aromatic rings. The van der Waals surface area contributed by atoms with Gasteiger partial charge in [-0.1, -0.05) is 73.9 Å². The summed E-state index contributed by atoms with van der Waals surface area (Å²) in [5.41, 5.74) is 4.23. The average Bonchev–Trinajstić information content (AvgIpc) is 2.43. The zero-order valence-electron chi connectivity index (χ0n) is 10.6. The summed E-state index contributed by atoms with van der Waals surface area (Å²) in [5, 5.41) is 10.7. The summed E-state index contributed by atoms with van der Waals surface area (Å²) in [5.74, 6) is -0.847. The third kappa shape index (κ3) is 3.09. The van der Waals surface area contributed by atoms with Gasteiger partial charge in [0.25, 0.3) is 5.91 Å². The summed E-state index contributed by atoms with van der Waals surface area (Å²) >= 11 is 0. The van der Waals surface area contributed by atoms with E-state index in [1.54, 1.807) is 48.6 Å². The predicted octanol–water partition coefficient (Wildman–Crippen LogP) is 2.21. The SMILES string of the molecule is C=C/C=C\C(=C/C=C)C(O)(C(N)=O)c1ccccc1. The van der Waals surface area contributed by atoms with Gasteiger partial charge in [0.15, 0.2) is 5.60 Å². The monoisotopic (exact) mass is 255 g/mol. The molecule has 0 fully saturated rings. The molecule has 0 heterocycles. The van der Waals surface area contributed by atoms with Crippen molar-refractivity contribution in [1.82, 2.24) is 0 Å². The van der Waals surface area contributed by atoms with Crippen molar-refractivity contribution in [3.63, 3.8) is 0 Å². The summed E-state index contributed by atoms with van der Waals surface area (Å²) in [4.78, 5) is 11.7. The molecule has 0 aliphatic carbocycles. The summed E-state index contributed by atoms with van der Waals surface area (Å²) in [6.07, 6.45) is 7.76. The van der Waals surface area contributed by atoms with E-state index >= 15 is 0 Å². The van der Waals surface area contributed by atoms with Crippen LogP contribution in [0.15, 0.2) is 79.4 Å². The molecule has 1 aromatic carbocycles. The molecule has 1 unspecified atom stereocenters.